The minimum Gasteiger partial charge on any atom is -0.741 e. The van der Waals surface area contributed by atoms with Gasteiger partial charge in [0.2, 0.25) is 0 Å². The minimum absolute atomic E-state index is 0. The summed E-state index contributed by atoms with van der Waals surface area (Å²) in [5.74, 6) is 0. The lowest BCUT2D eigenvalue weighted by Gasteiger charge is -2.53. The largest absolute Gasteiger partial charge is 0.741 e. The average Bonchev–Trinajstić information content (AvgIpc) is 2.99. The van der Waals surface area contributed by atoms with Gasteiger partial charge in [-0.05, 0) is 10.0 Å². The van der Waals surface area contributed by atoms with Gasteiger partial charge in [0.25, 0.3) is 0 Å². The highest BCUT2D eigenvalue weighted by Crippen LogP contribution is 2.41. The van der Waals surface area contributed by atoms with Gasteiger partial charge >= 0.3 is 5.51 Å². The number of halogens is 6. The van der Waals surface area contributed by atoms with Crippen molar-refractivity contribution >= 4 is 33.3 Å². The van der Waals surface area contributed by atoms with Gasteiger partial charge in [-0.3, -0.25) is 9.38 Å². The van der Waals surface area contributed by atoms with E-state index in [0.717, 1.165) is 40.2 Å². The maximum atomic E-state index is 14.9. The predicted octanol–water partition coefficient (Wildman–Crippen LogP) is 5.23. The molecule has 2 atom stereocenters. The molecule has 7 nitrogen and oxygen atoms in total. The van der Waals surface area contributed by atoms with Gasteiger partial charge in [-0.2, -0.15) is 13.2 Å². The van der Waals surface area contributed by atoms with Crippen LogP contribution in [0.2, 0.25) is 0 Å². The normalized spacial score (nSPS) is 33.4. The van der Waals surface area contributed by atoms with Crippen LogP contribution in [0.3, 0.4) is 0 Å². The highest BCUT2D eigenvalue weighted by atomic mass is 35.5. The van der Waals surface area contributed by atoms with Gasteiger partial charge in [0, 0.05) is 18.7 Å². The number of fused-ring (bicyclic) bond motifs is 6. The molecule has 0 radical (unpaired) electrons. The Bertz CT molecular complexity index is 1240. The van der Waals surface area contributed by atoms with Crippen molar-refractivity contribution in [2.45, 2.75) is 25.0 Å². The number of quaternary nitrogens is 3. The molecule has 8 rings (SSSR count). The molecule has 0 saturated carbocycles. The molecular formula is C28H40Cl2F4N4O3S+2. The van der Waals surface area contributed by atoms with Gasteiger partial charge in [-0.25, -0.2) is 8.42 Å². The Morgan fingerprint density at radius 3 is 1.64 bits per heavy atom. The Kier molecular flexibility index (Phi) is 11.4. The Balaban J connectivity index is 0.000000182. The number of alkyl halides is 5. The van der Waals surface area contributed by atoms with Gasteiger partial charge in [0.05, 0.1) is 25.7 Å². The fourth-order valence-corrected chi connectivity index (χ4v) is 6.92. The molecular weight excluding hydrogens is 619 g/mol. The van der Waals surface area contributed by atoms with Gasteiger partial charge in [0.15, 0.2) is 41.3 Å². The number of piperazine rings is 6. The number of nitrogens with zero attached hydrogens (tertiary/aromatic N) is 4. The van der Waals surface area contributed by atoms with E-state index >= 15 is 0 Å². The lowest BCUT2D eigenvalue weighted by Crippen LogP contribution is -2.72. The molecule has 2 aromatic rings. The molecule has 6 fully saturated rings. The van der Waals surface area contributed by atoms with E-state index in [2.05, 4.69) is 35.2 Å². The van der Waals surface area contributed by atoms with Crippen LogP contribution in [-0.4, -0.2) is 115 Å². The first-order valence-corrected chi connectivity index (χ1v) is 16.0. The van der Waals surface area contributed by atoms with E-state index < -0.39 is 15.6 Å². The Hall–Kier alpha value is -1.51. The van der Waals surface area contributed by atoms with E-state index in [1.165, 1.54) is 38.3 Å². The standard InChI is InChI=1S/C13H18ClFN2.C13H18ClN2.CHF3O3S.CH4/c14-11-16-6-8-17(15,9-7-16)13(10-16)12-4-2-1-3-5-12;14-11-16-8-6-15(7-9-16)13(10-16)12-4-2-1-3-5-12;2-1(3,4)8(5,6)7;/h1-5,13H,6-11H2;1-5,13H,6-11H2;(H,5,6,7);1H4/q+2;+1;;/p-1. The van der Waals surface area contributed by atoms with Crippen LogP contribution in [0, 0.1) is 0 Å². The molecule has 0 amide bonds. The summed E-state index contributed by atoms with van der Waals surface area (Å²) in [5, 5.41) is 0. The molecule has 0 N–H and O–H groups in total. The molecule has 6 aliphatic rings. The van der Waals surface area contributed by atoms with E-state index in [0.29, 0.717) is 25.1 Å². The number of benzene rings is 2. The van der Waals surface area contributed by atoms with Crippen LogP contribution in [0.4, 0.5) is 17.7 Å². The fraction of sp³-hybridized carbons (Fsp3) is 0.571. The molecule has 6 aliphatic heterocycles. The maximum Gasteiger partial charge on any atom is 0.485 e. The molecule has 42 heavy (non-hydrogen) atoms. The zero-order valence-corrected chi connectivity index (χ0v) is 24.9. The van der Waals surface area contributed by atoms with Gasteiger partial charge in [-0.15, -0.1) is 4.71 Å². The molecule has 0 aliphatic carbocycles. The molecule has 236 valence electrons. The summed E-state index contributed by atoms with van der Waals surface area (Å²) < 4.78 is 75.5. The van der Waals surface area contributed by atoms with Crippen molar-refractivity contribution in [3.63, 3.8) is 0 Å². The van der Waals surface area contributed by atoms with E-state index in [1.54, 1.807) is 0 Å². The third kappa shape index (κ3) is 7.76. The fourth-order valence-electron chi connectivity index (χ4n) is 6.24. The lowest BCUT2D eigenvalue weighted by atomic mass is 9.97. The van der Waals surface area contributed by atoms with Crippen molar-refractivity contribution < 1.29 is 44.3 Å². The minimum atomic E-state index is -6.09. The van der Waals surface area contributed by atoms with E-state index in [1.807, 2.05) is 30.3 Å². The molecule has 6 saturated heterocycles. The zero-order valence-electron chi connectivity index (χ0n) is 22.6. The zero-order chi connectivity index (χ0) is 29.9. The Morgan fingerprint density at radius 1 is 0.786 bits per heavy atom. The molecule has 6 heterocycles. The van der Waals surface area contributed by atoms with Crippen LogP contribution >= 0.6 is 23.2 Å². The van der Waals surface area contributed by atoms with Crippen LogP contribution in [0.25, 0.3) is 0 Å². The van der Waals surface area contributed by atoms with Crippen molar-refractivity contribution in [2.24, 2.45) is 0 Å². The van der Waals surface area contributed by atoms with Crippen molar-refractivity contribution in [3.05, 3.63) is 71.8 Å². The molecule has 0 spiro atoms. The monoisotopic (exact) mass is 658 g/mol. The first kappa shape index (κ1) is 35.0. The van der Waals surface area contributed by atoms with Gasteiger partial charge in [0.1, 0.15) is 19.6 Å². The van der Waals surface area contributed by atoms with Crippen LogP contribution in [0.15, 0.2) is 60.7 Å². The highest BCUT2D eigenvalue weighted by Gasteiger charge is 2.57. The topological polar surface area (TPSA) is 60.4 Å². The quantitative estimate of drug-likeness (QED) is 0.0859. The van der Waals surface area contributed by atoms with Crippen LogP contribution in [-0.2, 0) is 10.1 Å². The summed E-state index contributed by atoms with van der Waals surface area (Å²) in [5.41, 5.74) is -3.08. The molecule has 2 unspecified atom stereocenters. The number of rotatable bonds is 4. The summed E-state index contributed by atoms with van der Waals surface area (Å²) in [6.45, 7) is 9.85. The summed E-state index contributed by atoms with van der Waals surface area (Å²) in [6.07, 6.45) is 0. The third-order valence-corrected chi connectivity index (χ3v) is 10.5. The average molecular weight is 660 g/mol. The molecule has 4 bridgehead atoms. The summed E-state index contributed by atoms with van der Waals surface area (Å²) in [6, 6.07) is 22.8. The second-order valence-electron chi connectivity index (χ2n) is 11.3. The van der Waals surface area contributed by atoms with Crippen LogP contribution in [0.1, 0.15) is 30.6 Å². The Morgan fingerprint density at radius 2 is 1.21 bits per heavy atom. The van der Waals surface area contributed by atoms with E-state index in [-0.39, 0.29) is 18.2 Å². The van der Waals surface area contributed by atoms with Gasteiger partial charge in [-0.1, -0.05) is 91.3 Å². The van der Waals surface area contributed by atoms with Crippen LogP contribution in [0.5, 0.6) is 0 Å². The second kappa shape index (κ2) is 13.6. The summed E-state index contributed by atoms with van der Waals surface area (Å²) >= 11 is 12.3. The maximum absolute atomic E-state index is 14.9. The van der Waals surface area contributed by atoms with Crippen molar-refractivity contribution in [2.75, 3.05) is 77.5 Å². The summed E-state index contributed by atoms with van der Waals surface area (Å²) in [4.78, 5) is 2.61. The second-order valence-corrected chi connectivity index (χ2v) is 13.2. The molecule has 2 aromatic carbocycles. The lowest BCUT2D eigenvalue weighted by molar-refractivity contribution is -1.17. The third-order valence-electron chi connectivity index (χ3n) is 8.89. The smallest absolute Gasteiger partial charge is 0.485 e. The van der Waals surface area contributed by atoms with Crippen molar-refractivity contribution in [1.29, 1.82) is 0 Å². The Labute approximate surface area is 256 Å². The number of hydrogen-bond acceptors (Lipinski definition) is 4. The SMILES string of the molecule is C.ClC[N+]12CCN(CC1)C(c1ccccc1)C2.F[N+]12CC[N+](CCl)(CC1)CC2c1ccccc1.O=S(=O)([O-])C(F)(F)F. The molecule has 14 heteroatoms. The van der Waals surface area contributed by atoms with E-state index in [4.69, 9.17) is 36.2 Å². The van der Waals surface area contributed by atoms with Crippen molar-refractivity contribution in [1.82, 2.24) is 4.90 Å². The highest BCUT2D eigenvalue weighted by molar-refractivity contribution is 7.86. The van der Waals surface area contributed by atoms with Crippen molar-refractivity contribution in [3.8, 4) is 0 Å². The number of hydrogen-bond donors (Lipinski definition) is 0. The summed E-state index contributed by atoms with van der Waals surface area (Å²) in [7, 11) is -6.09. The van der Waals surface area contributed by atoms with Gasteiger partial charge < -0.3 is 9.04 Å². The predicted molar refractivity (Wildman–Crippen MR) is 155 cm³/mol. The first-order valence-electron chi connectivity index (χ1n) is 13.5. The first-order chi connectivity index (χ1) is 19.3. The van der Waals surface area contributed by atoms with Crippen LogP contribution < -0.4 is 0 Å². The molecule has 0 aromatic heterocycles. The van der Waals surface area contributed by atoms with E-state index in [9.17, 15) is 17.7 Å².